The van der Waals surface area contributed by atoms with E-state index in [4.69, 9.17) is 48.4 Å². The molecule has 8 aromatic rings. The minimum Gasteiger partial charge on any atom is -0.493 e. The number of H-pyrrole nitrogens is 1. The van der Waals surface area contributed by atoms with Gasteiger partial charge < -0.3 is 68.0 Å². The molecule has 0 saturated heterocycles. The van der Waals surface area contributed by atoms with Crippen molar-refractivity contribution in [2.24, 2.45) is 5.73 Å². The second kappa shape index (κ2) is 83.2. The van der Waals surface area contributed by atoms with Crippen molar-refractivity contribution in [3.63, 3.8) is 0 Å². The molecule has 4 aromatic carbocycles. The summed E-state index contributed by atoms with van der Waals surface area (Å²) in [6, 6.07) is 36.4. The number of hydrogen-bond donors (Lipinski definition) is 3. The molecule has 4 heterocycles. The van der Waals surface area contributed by atoms with Crippen LogP contribution in [0.5, 0.6) is 17.2 Å². The van der Waals surface area contributed by atoms with Crippen LogP contribution in [-0.2, 0) is 381 Å². The van der Waals surface area contributed by atoms with Gasteiger partial charge >= 0.3 is 35.8 Å². The number of pyridine rings is 1. The Labute approximate surface area is 923 Å². The van der Waals surface area contributed by atoms with Crippen molar-refractivity contribution in [1.29, 1.82) is 0 Å². The maximum atomic E-state index is 14.4. The SMILES string of the molecule is CCOC(=O)CCCOc1ccccc1C(C)C(=O)N(CC(=O)OCC)Cc1cccs1.CCOC(=O)CCCOc1ccccc1C(N)C(=O)N(CC(=O)OCC)Cc1cccs1.CCOC(=O)CCCOc1ccccc1C(NS(=O)(=O)c1ccc2[nH]c(=O)ccc2c1)C(=O)N(CC(=O)OCC)Cc1cccs1.S=S=S=S=S=S=S=S=S.S=S=S=S=S=S=S=S=S=S.S=S=S=S=S=S=S=S=S=S=S. The van der Waals surface area contributed by atoms with E-state index < -0.39 is 64.3 Å². The lowest BCUT2D eigenvalue weighted by molar-refractivity contribution is -0.150. The number of carbonyl (C=O) groups is 9. The number of nitrogens with zero attached hydrogens (tertiary/aromatic N) is 3. The first kappa shape index (κ1) is 130. The van der Waals surface area contributed by atoms with Gasteiger partial charge in [-0.05, 0) is 150 Å². The van der Waals surface area contributed by atoms with Gasteiger partial charge in [0.25, 0.3) is 0 Å². The number of hydrogen-bond acceptors (Lipinski definition) is 31. The molecular formula is C79H96N6O21S34. The number of sulfonamides is 1. The van der Waals surface area contributed by atoms with E-state index in [0.717, 1.165) is 20.2 Å². The van der Waals surface area contributed by atoms with Crippen LogP contribution in [0.15, 0.2) is 165 Å². The summed E-state index contributed by atoms with van der Waals surface area (Å²) in [6.45, 7) is 14.3. The third-order valence-corrected chi connectivity index (χ3v) is 67.1. The maximum absolute atomic E-state index is 14.4. The van der Waals surface area contributed by atoms with E-state index in [9.17, 15) is 56.4 Å². The molecule has 3 amide bonds. The smallest absolute Gasteiger partial charge is 0.325 e. The predicted molar refractivity (Wildman–Crippen MR) is 636 cm³/mol. The summed E-state index contributed by atoms with van der Waals surface area (Å²) in [7, 11) is 33.7. The number of ether oxygens (including phenoxy) is 9. The van der Waals surface area contributed by atoms with Gasteiger partial charge in [-0.25, -0.2) is 8.42 Å². The van der Waals surface area contributed by atoms with E-state index in [1.165, 1.54) is 132 Å². The zero-order chi connectivity index (χ0) is 103. The van der Waals surface area contributed by atoms with Crippen molar-refractivity contribution in [1.82, 2.24) is 24.4 Å². The van der Waals surface area contributed by atoms with Gasteiger partial charge in [-0.15, -0.1) is 34.0 Å². The largest absolute Gasteiger partial charge is 0.493 e. The number of nitrogens with two attached hydrogens (primary N) is 1. The fourth-order valence-electron chi connectivity index (χ4n) is 11.0. The molecule has 0 aliphatic heterocycles. The number of aromatic nitrogens is 1. The molecule has 0 aliphatic rings. The Bertz CT molecular complexity index is 6460. The van der Waals surface area contributed by atoms with Gasteiger partial charge in [0.1, 0.15) is 49.0 Å². The average Bonchev–Trinajstić information content (AvgIpc) is 0.920. The monoisotopic (exact) mass is 2550 g/mol. The first-order valence-corrected chi connectivity index (χ1v) is 80.6. The molecule has 0 spiro atoms. The number of aromatic amines is 1. The van der Waals surface area contributed by atoms with Crippen molar-refractivity contribution in [3.05, 3.63) is 197 Å². The number of benzene rings is 4. The van der Waals surface area contributed by atoms with Crippen LogP contribution in [0.4, 0.5) is 0 Å². The van der Waals surface area contributed by atoms with E-state index in [1.807, 2.05) is 58.6 Å². The molecule has 0 fully saturated rings. The maximum Gasteiger partial charge on any atom is 0.325 e. The summed E-state index contributed by atoms with van der Waals surface area (Å²) in [4.78, 5) is 134. The lowest BCUT2D eigenvalue weighted by atomic mass is 9.98. The van der Waals surface area contributed by atoms with Crippen LogP contribution in [0, 0.1) is 0 Å². The molecule has 4 aromatic heterocycles. The lowest BCUT2D eigenvalue weighted by Gasteiger charge is -2.28. The van der Waals surface area contributed by atoms with Crippen molar-refractivity contribution in [2.45, 2.75) is 130 Å². The van der Waals surface area contributed by atoms with Gasteiger partial charge in [-0.2, -0.15) is 4.72 Å². The molecule has 140 heavy (non-hydrogen) atoms. The zero-order valence-electron chi connectivity index (χ0n) is 75.0. The Morgan fingerprint density at radius 1 is 0.386 bits per heavy atom. The minimum absolute atomic E-state index is 0.0272. The molecule has 0 saturated carbocycles. The summed E-state index contributed by atoms with van der Waals surface area (Å²) in [5, 5.41) is 6.14. The molecule has 27 nitrogen and oxygen atoms in total. The van der Waals surface area contributed by atoms with Crippen LogP contribution in [0.3, 0.4) is 0 Å². The summed E-state index contributed by atoms with van der Waals surface area (Å²) < 4.78 is 77.9. The van der Waals surface area contributed by atoms with Crippen LogP contribution < -0.4 is 30.2 Å². The Balaban J connectivity index is 0.000000476. The highest BCUT2D eigenvalue weighted by atomic mass is 33.4. The van der Waals surface area contributed by atoms with E-state index in [-0.39, 0.29) is 131 Å². The molecule has 0 aliphatic carbocycles. The van der Waals surface area contributed by atoms with E-state index in [0.29, 0.717) is 73.6 Å². The van der Waals surface area contributed by atoms with Gasteiger partial charge in [-0.1, -0.05) is 72.8 Å². The summed E-state index contributed by atoms with van der Waals surface area (Å²) >= 11 is 32.3. The van der Waals surface area contributed by atoms with Crippen molar-refractivity contribution >= 4 is 389 Å². The molecule has 772 valence electrons. The molecule has 3 atom stereocenters. The lowest BCUT2D eigenvalue weighted by Crippen LogP contribution is -2.44. The fourth-order valence-corrected chi connectivity index (χ4v) is 63.7. The van der Waals surface area contributed by atoms with Crippen LogP contribution >= 0.6 is 34.0 Å². The van der Waals surface area contributed by atoms with E-state index in [1.54, 1.807) is 275 Å². The second-order valence-electron chi connectivity index (χ2n) is 25.6. The highest BCUT2D eigenvalue weighted by Crippen LogP contribution is 2.33. The highest BCUT2D eigenvalue weighted by molar-refractivity contribution is 8.75. The minimum atomic E-state index is -4.37. The molecule has 3 unspecified atom stereocenters. The Hall–Kier alpha value is -3.71. The molecular weight excluding hydrogens is 2460 g/mol. The molecule has 0 bridgehead atoms. The van der Waals surface area contributed by atoms with Gasteiger partial charge in [0.05, 0.1) is 89.9 Å². The van der Waals surface area contributed by atoms with E-state index >= 15 is 0 Å². The summed E-state index contributed by atoms with van der Waals surface area (Å²) in [6.07, 6.45) is 1.96. The van der Waals surface area contributed by atoms with Crippen LogP contribution in [0.2, 0.25) is 0 Å². The third kappa shape index (κ3) is 57.7. The number of fused-ring (bicyclic) bond motifs is 1. The van der Waals surface area contributed by atoms with Crippen LogP contribution in [-0.4, -0.2) is 161 Å². The predicted octanol–water partition coefficient (Wildman–Crippen LogP) is 11.1. The topological polar surface area (TPSA) is 351 Å². The molecule has 4 N–H and O–H groups in total. The third-order valence-electron chi connectivity index (χ3n) is 16.5. The zero-order valence-corrected chi connectivity index (χ0v) is 103. The van der Waals surface area contributed by atoms with E-state index in [2.05, 4.69) is 76.8 Å². The fraction of sp³-hybridized carbons (Fsp3) is 0.392. The first-order chi connectivity index (χ1) is 67.8. The van der Waals surface area contributed by atoms with Gasteiger partial charge in [0.15, 0.2) is 0 Å². The molecule has 0 radical (unpaired) electrons. The number of para-hydroxylation sites is 3. The molecule has 61 heteroatoms. The van der Waals surface area contributed by atoms with Gasteiger partial charge in [0, 0.05) is 342 Å². The van der Waals surface area contributed by atoms with Crippen molar-refractivity contribution in [3.8, 4) is 17.2 Å². The van der Waals surface area contributed by atoms with Gasteiger partial charge in [-0.3, -0.25) is 47.9 Å². The average molecular weight is 2560 g/mol. The van der Waals surface area contributed by atoms with Crippen LogP contribution in [0.1, 0.15) is 136 Å². The standard InChI is InChI=1S/C32H35N3O9S2.C24H31NO6S.C23H30N2O6S.S11.S10.S9/c1-3-42-29(37)12-7-17-44-27-11-6-5-10-25(27)31(32(39)35(21-30(38)43-4-2)20-23-9-8-18-45-23)34-46(40,41)24-14-15-26-22(19-24)13-16-28(36)33-26;1-4-29-22(26)13-8-14-31-21-12-7-6-11-20(21)18(3)24(28)25(17-23(27)30-5-2)16-19-10-9-15-32-19;1-3-29-20(26)12-7-13-31-19-11-6-5-10-18(19)22(24)23(28)25(16-21(27)30-4-2)15-17-9-8-14-32-17;1-3-5-7-9-11-10-8-6-4-2;1-3-5-7-9-10-8-6-4-2;1-3-5-7-9-8-6-4-2/h5-6,8-11,13-16,18-19,31,34H,3-4,7,12,17,20-21H2,1-2H3,(H,33,36);6-7,9-12,15,18H,4-5,8,13-14,16-17H2,1-3H3;5-6,8-11,14,22H,3-4,7,12-13,15-16,24H2,1-2H3;;;. The molecule has 8 rings (SSSR count). The van der Waals surface area contributed by atoms with Crippen LogP contribution in [0.25, 0.3) is 10.9 Å². The van der Waals surface area contributed by atoms with Crippen molar-refractivity contribution in [2.75, 3.05) is 79.1 Å². The highest BCUT2D eigenvalue weighted by Gasteiger charge is 2.35. The number of nitrogens with one attached hydrogen (secondary N) is 2. The normalized spacial score (nSPS) is 10.6. The Morgan fingerprint density at radius 2 is 0.700 bits per heavy atom. The first-order valence-electron chi connectivity index (χ1n) is 40.5. The van der Waals surface area contributed by atoms with Crippen molar-refractivity contribution < 1.29 is 94.2 Å². The number of thiophene rings is 3. The number of rotatable bonds is 42. The summed E-state index contributed by atoms with van der Waals surface area (Å²) in [5.41, 5.74) is 7.87. The quantitative estimate of drug-likeness (QED) is 0.0182. The van der Waals surface area contributed by atoms with Gasteiger partial charge in [0.2, 0.25) is 33.3 Å². The Kier molecular flexibility index (Phi) is 77.5. The number of esters is 6. The summed E-state index contributed by atoms with van der Waals surface area (Å²) in [5.74, 6) is -3.04. The number of amides is 3. The Morgan fingerprint density at radius 3 is 1.05 bits per heavy atom. The number of carbonyl (C=O) groups excluding carboxylic acids is 9. The second-order valence-corrected chi connectivity index (χ2v) is 72.8.